The number of hydrogen-bond acceptors (Lipinski definition) is 4. The molecule has 0 spiro atoms. The van der Waals surface area contributed by atoms with Crippen LogP contribution in [0.3, 0.4) is 0 Å². The molecule has 88 valence electrons. The quantitative estimate of drug-likeness (QED) is 0.776. The highest BCUT2D eigenvalue weighted by Crippen LogP contribution is 2.21. The molecule has 5 heteroatoms. The molecule has 0 saturated heterocycles. The van der Waals surface area contributed by atoms with E-state index in [0.29, 0.717) is 17.1 Å². The van der Waals surface area contributed by atoms with Gasteiger partial charge in [-0.05, 0) is 31.5 Å². The molecule has 1 aromatic heterocycles. The summed E-state index contributed by atoms with van der Waals surface area (Å²) in [5.41, 5.74) is 8.46. The van der Waals surface area contributed by atoms with Crippen LogP contribution in [0.5, 0.6) is 0 Å². The monoisotopic (exact) mass is 231 g/mol. The van der Waals surface area contributed by atoms with Crippen LogP contribution in [0.2, 0.25) is 0 Å². The molecule has 2 aromatic rings. The number of nitrogens with two attached hydrogens (primary N) is 1. The van der Waals surface area contributed by atoms with E-state index in [2.05, 4.69) is 10.3 Å². The van der Waals surface area contributed by atoms with Crippen molar-refractivity contribution >= 4 is 17.3 Å². The lowest BCUT2D eigenvalue weighted by atomic mass is 10.1. The third kappa shape index (κ3) is 2.13. The number of carbonyl (C=O) groups excluding carboxylic acids is 1. The van der Waals surface area contributed by atoms with Crippen molar-refractivity contribution in [2.45, 2.75) is 13.8 Å². The smallest absolute Gasteiger partial charge is 0.293 e. The van der Waals surface area contributed by atoms with Crippen molar-refractivity contribution in [1.29, 1.82) is 0 Å². The van der Waals surface area contributed by atoms with E-state index in [-0.39, 0.29) is 11.7 Å². The predicted molar refractivity (Wildman–Crippen MR) is 64.8 cm³/mol. The van der Waals surface area contributed by atoms with Crippen LogP contribution in [-0.2, 0) is 0 Å². The van der Waals surface area contributed by atoms with Crippen molar-refractivity contribution < 1.29 is 9.21 Å². The summed E-state index contributed by atoms with van der Waals surface area (Å²) in [6.07, 6.45) is 1.25. The second-order valence-electron chi connectivity index (χ2n) is 3.74. The normalized spacial score (nSPS) is 10.2. The molecule has 0 bridgehead atoms. The molecular weight excluding hydrogens is 218 g/mol. The number of amides is 1. The molecule has 1 heterocycles. The van der Waals surface area contributed by atoms with Crippen LogP contribution in [0.4, 0.5) is 11.4 Å². The molecular formula is C12H13N3O2. The maximum atomic E-state index is 11.9. The molecule has 0 unspecified atom stereocenters. The Morgan fingerprint density at radius 2 is 2.18 bits per heavy atom. The fraction of sp³-hybridized carbons (Fsp3) is 0.167. The first-order valence-corrected chi connectivity index (χ1v) is 5.16. The Morgan fingerprint density at radius 1 is 1.41 bits per heavy atom. The topological polar surface area (TPSA) is 81.2 Å². The summed E-state index contributed by atoms with van der Waals surface area (Å²) in [5.74, 6) is -0.111. The number of hydrogen-bond donors (Lipinski definition) is 2. The lowest BCUT2D eigenvalue weighted by Crippen LogP contribution is -2.13. The predicted octanol–water partition coefficient (Wildman–Crippen LogP) is 2.13. The highest BCUT2D eigenvalue weighted by molar-refractivity contribution is 6.03. The van der Waals surface area contributed by atoms with Gasteiger partial charge in [0.15, 0.2) is 6.39 Å². The number of aryl methyl sites for hydroxylation is 1. The van der Waals surface area contributed by atoms with E-state index < -0.39 is 0 Å². The number of rotatable bonds is 2. The zero-order valence-corrected chi connectivity index (χ0v) is 9.65. The fourth-order valence-electron chi connectivity index (χ4n) is 1.49. The summed E-state index contributed by atoms with van der Waals surface area (Å²) in [6.45, 7) is 3.56. The number of nitrogens with one attached hydrogen (secondary N) is 1. The van der Waals surface area contributed by atoms with Crippen LogP contribution < -0.4 is 11.1 Å². The molecule has 17 heavy (non-hydrogen) atoms. The molecule has 0 aliphatic carbocycles. The number of carbonyl (C=O) groups is 1. The van der Waals surface area contributed by atoms with E-state index in [9.17, 15) is 4.79 Å². The molecule has 0 aliphatic rings. The summed E-state index contributed by atoms with van der Waals surface area (Å²) >= 11 is 0. The van der Waals surface area contributed by atoms with Crippen LogP contribution in [-0.4, -0.2) is 10.9 Å². The molecule has 0 saturated carbocycles. The van der Waals surface area contributed by atoms with Gasteiger partial charge in [0.1, 0.15) is 0 Å². The average Bonchev–Trinajstić information content (AvgIpc) is 2.71. The number of benzene rings is 1. The summed E-state index contributed by atoms with van der Waals surface area (Å²) in [6, 6.07) is 5.35. The Balaban J connectivity index is 2.25. The largest absolute Gasteiger partial charge is 0.438 e. The second-order valence-corrected chi connectivity index (χ2v) is 3.74. The molecule has 5 nitrogen and oxygen atoms in total. The number of aromatic nitrogens is 1. The first-order chi connectivity index (χ1) is 8.09. The van der Waals surface area contributed by atoms with Gasteiger partial charge in [0.2, 0.25) is 5.76 Å². The SMILES string of the molecule is Cc1ncoc1C(=O)Nc1cccc(N)c1C. The van der Waals surface area contributed by atoms with Gasteiger partial charge in [0.25, 0.3) is 5.91 Å². The van der Waals surface area contributed by atoms with Crippen LogP contribution in [0.15, 0.2) is 29.0 Å². The standard InChI is InChI=1S/C12H13N3O2/c1-7-9(13)4-3-5-10(7)15-12(16)11-8(2)14-6-17-11/h3-6H,13H2,1-2H3,(H,15,16). The second kappa shape index (κ2) is 4.29. The van der Waals surface area contributed by atoms with Crippen molar-refractivity contribution in [2.75, 3.05) is 11.1 Å². The molecule has 0 atom stereocenters. The van der Waals surface area contributed by atoms with Crippen molar-refractivity contribution in [1.82, 2.24) is 4.98 Å². The van der Waals surface area contributed by atoms with E-state index in [1.165, 1.54) is 6.39 Å². The molecule has 0 radical (unpaired) electrons. The van der Waals surface area contributed by atoms with Gasteiger partial charge in [-0.3, -0.25) is 4.79 Å². The summed E-state index contributed by atoms with van der Waals surface area (Å²) in [7, 11) is 0. The van der Waals surface area contributed by atoms with Gasteiger partial charge >= 0.3 is 0 Å². The highest BCUT2D eigenvalue weighted by atomic mass is 16.3. The molecule has 1 aromatic carbocycles. The maximum absolute atomic E-state index is 11.9. The molecule has 0 fully saturated rings. The Kier molecular flexibility index (Phi) is 2.82. The fourth-order valence-corrected chi connectivity index (χ4v) is 1.49. The minimum Gasteiger partial charge on any atom is -0.438 e. The molecule has 2 rings (SSSR count). The third-order valence-corrected chi connectivity index (χ3v) is 2.58. The minimum absolute atomic E-state index is 0.215. The van der Waals surface area contributed by atoms with Gasteiger partial charge in [0, 0.05) is 11.4 Å². The van der Waals surface area contributed by atoms with Gasteiger partial charge in [0.05, 0.1) is 5.69 Å². The Morgan fingerprint density at radius 3 is 2.82 bits per heavy atom. The van der Waals surface area contributed by atoms with E-state index in [4.69, 9.17) is 10.2 Å². The van der Waals surface area contributed by atoms with E-state index in [1.54, 1.807) is 25.1 Å². The van der Waals surface area contributed by atoms with Gasteiger partial charge < -0.3 is 15.5 Å². The van der Waals surface area contributed by atoms with E-state index in [1.807, 2.05) is 6.92 Å². The Bertz CT molecular complexity index is 561. The van der Waals surface area contributed by atoms with Gasteiger partial charge in [-0.25, -0.2) is 4.98 Å². The number of nitrogen functional groups attached to an aromatic ring is 1. The lowest BCUT2D eigenvalue weighted by molar-refractivity contribution is 0.0996. The molecule has 0 aliphatic heterocycles. The van der Waals surface area contributed by atoms with Gasteiger partial charge in [-0.1, -0.05) is 6.07 Å². The van der Waals surface area contributed by atoms with Gasteiger partial charge in [-0.2, -0.15) is 0 Å². The minimum atomic E-state index is -0.325. The average molecular weight is 231 g/mol. The van der Waals surface area contributed by atoms with Crippen LogP contribution in [0, 0.1) is 13.8 Å². The summed E-state index contributed by atoms with van der Waals surface area (Å²) in [5, 5.41) is 2.74. The number of nitrogens with zero attached hydrogens (tertiary/aromatic N) is 1. The summed E-state index contributed by atoms with van der Waals surface area (Å²) in [4.78, 5) is 15.7. The van der Waals surface area contributed by atoms with Gasteiger partial charge in [-0.15, -0.1) is 0 Å². The third-order valence-electron chi connectivity index (χ3n) is 2.58. The van der Waals surface area contributed by atoms with Crippen LogP contribution in [0.1, 0.15) is 21.8 Å². The lowest BCUT2D eigenvalue weighted by Gasteiger charge is -2.08. The van der Waals surface area contributed by atoms with Crippen molar-refractivity contribution in [3.8, 4) is 0 Å². The van der Waals surface area contributed by atoms with Crippen molar-refractivity contribution in [3.63, 3.8) is 0 Å². The highest BCUT2D eigenvalue weighted by Gasteiger charge is 2.15. The van der Waals surface area contributed by atoms with Crippen LogP contribution >= 0.6 is 0 Å². The van der Waals surface area contributed by atoms with E-state index >= 15 is 0 Å². The Labute approximate surface area is 98.6 Å². The first-order valence-electron chi connectivity index (χ1n) is 5.16. The Hall–Kier alpha value is -2.30. The van der Waals surface area contributed by atoms with Crippen molar-refractivity contribution in [3.05, 3.63) is 41.6 Å². The zero-order valence-electron chi connectivity index (χ0n) is 9.65. The number of anilines is 2. The molecule has 1 amide bonds. The summed E-state index contributed by atoms with van der Waals surface area (Å²) < 4.78 is 5.01. The maximum Gasteiger partial charge on any atom is 0.293 e. The number of oxazole rings is 1. The van der Waals surface area contributed by atoms with Crippen molar-refractivity contribution in [2.24, 2.45) is 0 Å². The zero-order chi connectivity index (χ0) is 12.4. The first kappa shape index (κ1) is 11.2. The molecule has 3 N–H and O–H groups in total. The van der Waals surface area contributed by atoms with Crippen LogP contribution in [0.25, 0.3) is 0 Å². The van der Waals surface area contributed by atoms with E-state index in [0.717, 1.165) is 5.56 Å².